The van der Waals surface area contributed by atoms with Crippen LogP contribution in [0.3, 0.4) is 0 Å². The third kappa shape index (κ3) is 6.28. The van der Waals surface area contributed by atoms with Crippen molar-refractivity contribution in [2.24, 2.45) is 0 Å². The standard InChI is InChI=1S/C20H19BrClNO5/c1-3-27-18-10-14(9-17(20(25)26)23-12(2)24)8-16(22)19(18)28-11-13-5-4-6-15(21)7-13/h4-10H,3,11H2,1-2H3,(H,23,24)(H,25,26). The minimum absolute atomic E-state index is 0.264. The van der Waals surface area contributed by atoms with E-state index in [0.29, 0.717) is 23.7 Å². The van der Waals surface area contributed by atoms with Crippen molar-refractivity contribution in [1.29, 1.82) is 0 Å². The minimum atomic E-state index is -1.26. The number of ether oxygens (including phenoxy) is 2. The van der Waals surface area contributed by atoms with E-state index < -0.39 is 11.9 Å². The molecule has 0 aliphatic carbocycles. The SMILES string of the molecule is CCOc1cc(C=C(NC(C)=O)C(=O)O)cc(Cl)c1OCc1cccc(Br)c1. The fourth-order valence-electron chi connectivity index (χ4n) is 2.36. The van der Waals surface area contributed by atoms with Gasteiger partial charge in [-0.3, -0.25) is 4.79 Å². The molecule has 0 saturated heterocycles. The molecule has 0 unspecified atom stereocenters. The Bertz CT molecular complexity index is 913. The summed E-state index contributed by atoms with van der Waals surface area (Å²) in [5.74, 6) is -1.01. The molecule has 2 N–H and O–H groups in total. The van der Waals surface area contributed by atoms with Crippen molar-refractivity contribution in [3.8, 4) is 11.5 Å². The van der Waals surface area contributed by atoms with Gasteiger partial charge < -0.3 is 19.9 Å². The molecule has 2 rings (SSSR count). The van der Waals surface area contributed by atoms with Crippen molar-refractivity contribution in [3.05, 3.63) is 62.7 Å². The molecule has 2 aromatic rings. The van der Waals surface area contributed by atoms with Gasteiger partial charge in [-0.1, -0.05) is 39.7 Å². The molecule has 8 heteroatoms. The molecule has 0 aliphatic rings. The maximum Gasteiger partial charge on any atom is 0.352 e. The Morgan fingerprint density at radius 2 is 2.00 bits per heavy atom. The molecule has 0 aromatic heterocycles. The normalized spacial score (nSPS) is 11.1. The van der Waals surface area contributed by atoms with Crippen LogP contribution in [0.15, 0.2) is 46.6 Å². The van der Waals surface area contributed by atoms with Gasteiger partial charge in [0.25, 0.3) is 0 Å². The second kappa shape index (κ2) is 10.1. The molecule has 0 spiro atoms. The summed E-state index contributed by atoms with van der Waals surface area (Å²) >= 11 is 9.77. The van der Waals surface area contributed by atoms with Gasteiger partial charge in [0.1, 0.15) is 12.3 Å². The largest absolute Gasteiger partial charge is 0.490 e. The topological polar surface area (TPSA) is 84.9 Å². The van der Waals surface area contributed by atoms with Gasteiger partial charge in [0.2, 0.25) is 5.91 Å². The van der Waals surface area contributed by atoms with E-state index in [9.17, 15) is 14.7 Å². The van der Waals surface area contributed by atoms with E-state index >= 15 is 0 Å². The lowest BCUT2D eigenvalue weighted by Gasteiger charge is -2.15. The second-order valence-electron chi connectivity index (χ2n) is 5.73. The molecule has 0 heterocycles. The quantitative estimate of drug-likeness (QED) is 0.551. The van der Waals surface area contributed by atoms with Gasteiger partial charge in [-0.25, -0.2) is 4.79 Å². The summed E-state index contributed by atoms with van der Waals surface area (Å²) in [6.45, 7) is 3.69. The number of carbonyl (C=O) groups excluding carboxylic acids is 1. The molecule has 148 valence electrons. The van der Waals surface area contributed by atoms with Crippen LogP contribution in [0.4, 0.5) is 0 Å². The van der Waals surface area contributed by atoms with Crippen LogP contribution in [0.5, 0.6) is 11.5 Å². The Labute approximate surface area is 176 Å². The van der Waals surface area contributed by atoms with E-state index in [2.05, 4.69) is 21.2 Å². The van der Waals surface area contributed by atoms with E-state index in [4.69, 9.17) is 21.1 Å². The van der Waals surface area contributed by atoms with Crippen LogP contribution in [-0.2, 0) is 16.2 Å². The van der Waals surface area contributed by atoms with Gasteiger partial charge in [0.05, 0.1) is 11.6 Å². The maximum absolute atomic E-state index is 11.3. The molecule has 0 fully saturated rings. The third-order valence-corrected chi connectivity index (χ3v) is 4.23. The highest BCUT2D eigenvalue weighted by Gasteiger charge is 2.15. The summed E-state index contributed by atoms with van der Waals surface area (Å²) in [4.78, 5) is 22.5. The van der Waals surface area contributed by atoms with Crippen LogP contribution < -0.4 is 14.8 Å². The summed E-state index contributed by atoms with van der Waals surface area (Å²) < 4.78 is 12.4. The number of nitrogens with one attached hydrogen (secondary N) is 1. The number of halogens is 2. The highest BCUT2D eigenvalue weighted by Crippen LogP contribution is 2.38. The fraction of sp³-hybridized carbons (Fsp3) is 0.200. The average molecular weight is 469 g/mol. The van der Waals surface area contributed by atoms with Crippen LogP contribution in [0.2, 0.25) is 5.02 Å². The first-order chi connectivity index (χ1) is 13.3. The molecule has 28 heavy (non-hydrogen) atoms. The van der Waals surface area contributed by atoms with E-state index in [0.717, 1.165) is 10.0 Å². The van der Waals surface area contributed by atoms with E-state index in [-0.39, 0.29) is 17.3 Å². The Kier molecular flexibility index (Phi) is 7.90. The monoisotopic (exact) mass is 467 g/mol. The molecule has 1 amide bonds. The van der Waals surface area contributed by atoms with E-state index in [1.165, 1.54) is 13.0 Å². The van der Waals surface area contributed by atoms with Gasteiger partial charge >= 0.3 is 5.97 Å². The van der Waals surface area contributed by atoms with Crippen molar-refractivity contribution in [1.82, 2.24) is 5.32 Å². The Balaban J connectivity index is 2.34. The molecular formula is C20H19BrClNO5. The van der Waals surface area contributed by atoms with Crippen LogP contribution in [0.25, 0.3) is 6.08 Å². The number of rotatable bonds is 8. The van der Waals surface area contributed by atoms with Crippen LogP contribution >= 0.6 is 27.5 Å². The second-order valence-corrected chi connectivity index (χ2v) is 7.05. The first-order valence-electron chi connectivity index (χ1n) is 8.36. The molecule has 0 radical (unpaired) electrons. The zero-order chi connectivity index (χ0) is 20.7. The summed E-state index contributed by atoms with van der Waals surface area (Å²) in [6, 6.07) is 10.8. The van der Waals surface area contributed by atoms with Gasteiger partial charge in [-0.05, 0) is 48.4 Å². The average Bonchev–Trinajstić information content (AvgIpc) is 2.60. The smallest absolute Gasteiger partial charge is 0.352 e. The zero-order valence-electron chi connectivity index (χ0n) is 15.3. The number of benzene rings is 2. The predicted octanol–water partition coefficient (Wildman–Crippen LogP) is 4.64. The van der Waals surface area contributed by atoms with Crippen LogP contribution in [0, 0.1) is 0 Å². The first-order valence-corrected chi connectivity index (χ1v) is 9.53. The summed E-state index contributed by atoms with van der Waals surface area (Å²) in [5, 5.41) is 11.8. The third-order valence-electron chi connectivity index (χ3n) is 3.46. The molecule has 0 aliphatic heterocycles. The van der Waals surface area contributed by atoms with Gasteiger partial charge in [-0.2, -0.15) is 0 Å². The maximum atomic E-state index is 11.3. The predicted molar refractivity (Wildman–Crippen MR) is 111 cm³/mol. The number of amides is 1. The molecule has 0 atom stereocenters. The van der Waals surface area contributed by atoms with Crippen molar-refractivity contribution in [2.75, 3.05) is 6.61 Å². The molecule has 0 saturated carbocycles. The Morgan fingerprint density at radius 1 is 1.25 bits per heavy atom. The van der Waals surface area contributed by atoms with Gasteiger partial charge in [0.15, 0.2) is 11.5 Å². The fourth-order valence-corrected chi connectivity index (χ4v) is 3.08. The van der Waals surface area contributed by atoms with Crippen LogP contribution in [-0.4, -0.2) is 23.6 Å². The Morgan fingerprint density at radius 3 is 2.61 bits per heavy atom. The lowest BCUT2D eigenvalue weighted by atomic mass is 10.1. The van der Waals surface area contributed by atoms with E-state index in [1.807, 2.05) is 31.2 Å². The lowest BCUT2D eigenvalue weighted by molar-refractivity contribution is -0.134. The number of carbonyl (C=O) groups is 2. The van der Waals surface area contributed by atoms with Crippen molar-refractivity contribution in [2.45, 2.75) is 20.5 Å². The molecular weight excluding hydrogens is 450 g/mol. The first kappa shape index (κ1) is 21.8. The molecule has 0 bridgehead atoms. The van der Waals surface area contributed by atoms with Gasteiger partial charge in [-0.15, -0.1) is 0 Å². The molecule has 2 aromatic carbocycles. The number of hydrogen-bond acceptors (Lipinski definition) is 4. The van der Waals surface area contributed by atoms with Crippen molar-refractivity contribution < 1.29 is 24.2 Å². The van der Waals surface area contributed by atoms with Crippen molar-refractivity contribution >= 4 is 45.5 Å². The van der Waals surface area contributed by atoms with E-state index in [1.54, 1.807) is 12.1 Å². The minimum Gasteiger partial charge on any atom is -0.490 e. The Hall–Kier alpha value is -2.51. The number of carboxylic acid groups (broad SMARTS) is 1. The number of carboxylic acids is 1. The number of hydrogen-bond donors (Lipinski definition) is 2. The zero-order valence-corrected chi connectivity index (χ0v) is 17.6. The summed E-state index contributed by atoms with van der Waals surface area (Å²) in [5.41, 5.74) is 1.12. The van der Waals surface area contributed by atoms with Crippen molar-refractivity contribution in [3.63, 3.8) is 0 Å². The van der Waals surface area contributed by atoms with Gasteiger partial charge in [0, 0.05) is 11.4 Å². The highest BCUT2D eigenvalue weighted by molar-refractivity contribution is 9.10. The molecule has 6 nitrogen and oxygen atoms in total. The number of aliphatic carboxylic acids is 1. The van der Waals surface area contributed by atoms with Crippen LogP contribution in [0.1, 0.15) is 25.0 Å². The highest BCUT2D eigenvalue weighted by atomic mass is 79.9. The summed E-state index contributed by atoms with van der Waals surface area (Å²) in [7, 11) is 0. The summed E-state index contributed by atoms with van der Waals surface area (Å²) in [6.07, 6.45) is 1.30. The lowest BCUT2D eigenvalue weighted by Crippen LogP contribution is -2.24.